The van der Waals surface area contributed by atoms with E-state index in [1.165, 1.54) is 30.3 Å². The number of hydrogen-bond donors (Lipinski definition) is 1. The van der Waals surface area contributed by atoms with Crippen molar-refractivity contribution >= 4 is 10.1 Å². The van der Waals surface area contributed by atoms with Gasteiger partial charge in [0.1, 0.15) is 0 Å². The van der Waals surface area contributed by atoms with Crippen LogP contribution in [-0.2, 0) is 29.1 Å². The zero-order valence-corrected chi connectivity index (χ0v) is 13.1. The van der Waals surface area contributed by atoms with Gasteiger partial charge in [-0.05, 0) is 43.0 Å². The molecule has 0 atom stereocenters. The molecule has 0 aliphatic carbocycles. The van der Waals surface area contributed by atoms with Crippen molar-refractivity contribution in [1.82, 2.24) is 0 Å². The second kappa shape index (κ2) is 6.33. The highest BCUT2D eigenvalue weighted by atomic mass is 32.2. The third-order valence-corrected chi connectivity index (χ3v) is 4.43. The molecule has 7 heteroatoms. The molecule has 0 spiro atoms. The molecule has 2 rings (SSSR count). The van der Waals surface area contributed by atoms with Crippen LogP contribution < -0.4 is 0 Å². The van der Waals surface area contributed by atoms with Crippen molar-refractivity contribution in [1.29, 1.82) is 0 Å². The molecule has 0 fully saturated rings. The lowest BCUT2D eigenvalue weighted by Gasteiger charge is -2.13. The first-order chi connectivity index (χ1) is 10.6. The van der Waals surface area contributed by atoms with Crippen LogP contribution in [0.25, 0.3) is 0 Å². The maximum Gasteiger partial charge on any atom is 0.416 e. The fraction of sp³-hybridized carbons (Fsp3) is 0.250. The highest BCUT2D eigenvalue weighted by Gasteiger charge is 2.32. The van der Waals surface area contributed by atoms with Gasteiger partial charge >= 0.3 is 6.18 Å². The van der Waals surface area contributed by atoms with Gasteiger partial charge in [-0.25, -0.2) is 0 Å². The number of halogens is 3. The molecule has 0 aromatic heterocycles. The summed E-state index contributed by atoms with van der Waals surface area (Å²) in [6, 6.07) is 9.51. The van der Waals surface area contributed by atoms with Crippen LogP contribution in [0.15, 0.2) is 47.4 Å². The number of benzene rings is 2. The molecule has 0 saturated heterocycles. The van der Waals surface area contributed by atoms with Crippen molar-refractivity contribution in [2.75, 3.05) is 0 Å². The lowest BCUT2D eigenvalue weighted by molar-refractivity contribution is -0.138. The van der Waals surface area contributed by atoms with Gasteiger partial charge in [-0.15, -0.1) is 0 Å². The molecule has 0 aliphatic heterocycles. The van der Waals surface area contributed by atoms with Gasteiger partial charge in [0.05, 0.1) is 10.5 Å². The third kappa shape index (κ3) is 4.33. The number of aryl methyl sites for hydroxylation is 3. The Balaban J connectivity index is 2.35. The van der Waals surface area contributed by atoms with E-state index in [9.17, 15) is 26.1 Å². The summed E-state index contributed by atoms with van der Waals surface area (Å²) in [5, 5.41) is 0. The van der Waals surface area contributed by atoms with Crippen LogP contribution in [0.4, 0.5) is 13.2 Å². The second-order valence-corrected chi connectivity index (χ2v) is 6.63. The first kappa shape index (κ1) is 17.5. The highest BCUT2D eigenvalue weighted by molar-refractivity contribution is 7.85. The van der Waals surface area contributed by atoms with E-state index in [0.29, 0.717) is 5.56 Å². The Morgan fingerprint density at radius 1 is 1.00 bits per heavy atom. The summed E-state index contributed by atoms with van der Waals surface area (Å²) >= 11 is 0. The van der Waals surface area contributed by atoms with E-state index in [0.717, 1.165) is 11.6 Å². The summed E-state index contributed by atoms with van der Waals surface area (Å²) in [7, 11) is -4.42. The van der Waals surface area contributed by atoms with Crippen LogP contribution in [0, 0.1) is 6.92 Å². The first-order valence-electron chi connectivity index (χ1n) is 6.81. The summed E-state index contributed by atoms with van der Waals surface area (Å²) in [5.41, 5.74) is 0.407. The Labute approximate surface area is 132 Å². The van der Waals surface area contributed by atoms with Crippen LogP contribution in [0.1, 0.15) is 22.3 Å². The summed E-state index contributed by atoms with van der Waals surface area (Å²) < 4.78 is 70.9. The molecule has 0 unspecified atom stereocenters. The van der Waals surface area contributed by atoms with Crippen molar-refractivity contribution in [2.45, 2.75) is 30.8 Å². The van der Waals surface area contributed by atoms with Crippen molar-refractivity contribution in [3.05, 3.63) is 64.7 Å². The molecule has 0 bridgehead atoms. The molecule has 0 radical (unpaired) electrons. The fourth-order valence-corrected chi connectivity index (χ4v) is 3.17. The largest absolute Gasteiger partial charge is 0.416 e. The van der Waals surface area contributed by atoms with Gasteiger partial charge in [0.2, 0.25) is 0 Å². The van der Waals surface area contributed by atoms with Crippen molar-refractivity contribution in [3.8, 4) is 0 Å². The van der Waals surface area contributed by atoms with Gasteiger partial charge < -0.3 is 0 Å². The molecule has 3 nitrogen and oxygen atoms in total. The topological polar surface area (TPSA) is 54.4 Å². The zero-order valence-electron chi connectivity index (χ0n) is 12.3. The number of hydrogen-bond acceptors (Lipinski definition) is 2. The average molecular weight is 344 g/mol. The van der Waals surface area contributed by atoms with Crippen LogP contribution in [0.2, 0.25) is 0 Å². The van der Waals surface area contributed by atoms with Gasteiger partial charge in [-0.2, -0.15) is 21.6 Å². The molecule has 2 aromatic rings. The van der Waals surface area contributed by atoms with Gasteiger partial charge in [-0.3, -0.25) is 4.55 Å². The Morgan fingerprint density at radius 2 is 1.61 bits per heavy atom. The smallest absolute Gasteiger partial charge is 0.282 e. The minimum absolute atomic E-state index is 0.0155. The van der Waals surface area contributed by atoms with Gasteiger partial charge in [0, 0.05) is 0 Å². The van der Waals surface area contributed by atoms with Gasteiger partial charge in [0.15, 0.2) is 0 Å². The molecular weight excluding hydrogens is 329 g/mol. The molecule has 124 valence electrons. The monoisotopic (exact) mass is 344 g/mol. The fourth-order valence-electron chi connectivity index (χ4n) is 2.44. The van der Waals surface area contributed by atoms with E-state index in [-0.39, 0.29) is 23.3 Å². The molecule has 1 N–H and O–H groups in total. The van der Waals surface area contributed by atoms with E-state index >= 15 is 0 Å². The first-order valence-corrected chi connectivity index (χ1v) is 8.25. The van der Waals surface area contributed by atoms with Crippen LogP contribution in [-0.4, -0.2) is 13.0 Å². The van der Waals surface area contributed by atoms with E-state index in [2.05, 4.69) is 0 Å². The van der Waals surface area contributed by atoms with Gasteiger partial charge in [-0.1, -0.05) is 35.9 Å². The molecule has 2 aromatic carbocycles. The number of rotatable bonds is 4. The molecule has 0 aliphatic rings. The lowest BCUT2D eigenvalue weighted by Crippen LogP contribution is -2.10. The van der Waals surface area contributed by atoms with Gasteiger partial charge in [0.25, 0.3) is 10.1 Å². The molecule has 0 saturated carbocycles. The summed E-state index contributed by atoms with van der Waals surface area (Å²) in [4.78, 5) is -0.271. The average Bonchev–Trinajstić information content (AvgIpc) is 2.43. The minimum atomic E-state index is -4.46. The molecule has 0 amide bonds. The van der Waals surface area contributed by atoms with E-state index < -0.39 is 21.9 Å². The van der Waals surface area contributed by atoms with Crippen LogP contribution in [0.3, 0.4) is 0 Å². The van der Waals surface area contributed by atoms with Crippen molar-refractivity contribution < 1.29 is 26.1 Å². The maximum atomic E-state index is 13.0. The molecular formula is C16H15F3O3S. The summed E-state index contributed by atoms with van der Waals surface area (Å²) in [5.74, 6) is 0. The summed E-state index contributed by atoms with van der Waals surface area (Å²) in [6.45, 7) is 1.74. The third-order valence-electron chi connectivity index (χ3n) is 3.48. The second-order valence-electron chi connectivity index (χ2n) is 5.24. The predicted molar refractivity (Wildman–Crippen MR) is 79.8 cm³/mol. The quantitative estimate of drug-likeness (QED) is 0.852. The van der Waals surface area contributed by atoms with E-state index in [1.807, 2.05) is 0 Å². The molecule has 0 heterocycles. The number of alkyl halides is 3. The van der Waals surface area contributed by atoms with Crippen molar-refractivity contribution in [3.63, 3.8) is 0 Å². The minimum Gasteiger partial charge on any atom is -0.282 e. The highest BCUT2D eigenvalue weighted by Crippen LogP contribution is 2.32. The maximum absolute atomic E-state index is 13.0. The summed E-state index contributed by atoms with van der Waals surface area (Å²) in [6.07, 6.45) is -4.37. The Bertz CT molecular complexity index is 812. The Morgan fingerprint density at radius 3 is 2.22 bits per heavy atom. The Kier molecular flexibility index (Phi) is 4.81. The van der Waals surface area contributed by atoms with Crippen LogP contribution >= 0.6 is 0 Å². The molecule has 23 heavy (non-hydrogen) atoms. The Hall–Kier alpha value is -1.86. The van der Waals surface area contributed by atoms with Crippen molar-refractivity contribution in [2.24, 2.45) is 0 Å². The predicted octanol–water partition coefficient (Wildman–Crippen LogP) is 4.05. The van der Waals surface area contributed by atoms with E-state index in [1.54, 1.807) is 13.0 Å². The standard InChI is InChI=1S/C16H15F3O3S/c1-11-6-9-15(23(20,21)22)13(10-11)8-7-12-4-2-3-5-14(12)16(17,18)19/h2-6,9-10H,7-8H2,1H3,(H,20,21,22). The van der Waals surface area contributed by atoms with Crippen LogP contribution in [0.5, 0.6) is 0 Å². The SMILES string of the molecule is Cc1ccc(S(=O)(=O)O)c(CCc2ccccc2C(F)(F)F)c1. The normalized spacial score (nSPS) is 12.4. The lowest BCUT2D eigenvalue weighted by atomic mass is 9.99. The van der Waals surface area contributed by atoms with E-state index in [4.69, 9.17) is 0 Å². The zero-order chi connectivity index (χ0) is 17.3.